The van der Waals surface area contributed by atoms with Crippen LogP contribution in [0, 0.1) is 0 Å². The van der Waals surface area contributed by atoms with Crippen molar-refractivity contribution < 1.29 is 0 Å². The highest BCUT2D eigenvalue weighted by Gasteiger charge is 2.33. The van der Waals surface area contributed by atoms with E-state index in [1.807, 2.05) is 23.1 Å². The first-order chi connectivity index (χ1) is 5.95. The number of nitrogens with one attached hydrogen (secondary N) is 2. The number of hydrogen-bond acceptors (Lipinski definition) is 6. The van der Waals surface area contributed by atoms with E-state index in [0.717, 1.165) is 30.0 Å². The van der Waals surface area contributed by atoms with Crippen LogP contribution in [0.15, 0.2) is 17.1 Å². The summed E-state index contributed by atoms with van der Waals surface area (Å²) < 4.78 is 0. The summed E-state index contributed by atoms with van der Waals surface area (Å²) in [5.41, 5.74) is 3.13. The van der Waals surface area contributed by atoms with Crippen molar-refractivity contribution in [1.82, 2.24) is 20.8 Å². The van der Waals surface area contributed by atoms with E-state index >= 15 is 0 Å². The summed E-state index contributed by atoms with van der Waals surface area (Å²) >= 11 is 1.89. The smallest absolute Gasteiger partial charge is 0.165 e. The first-order valence-electron chi connectivity index (χ1n) is 3.85. The predicted molar refractivity (Wildman–Crippen MR) is 47.7 cm³/mol. The second-order valence-electron chi connectivity index (χ2n) is 2.78. The molecule has 5 nitrogen and oxygen atoms in total. The minimum Gasteiger partial charge on any atom is -0.374 e. The van der Waals surface area contributed by atoms with Gasteiger partial charge in [-0.25, -0.2) is 0 Å². The number of hydrazone groups is 1. The molecule has 64 valence electrons. The zero-order chi connectivity index (χ0) is 7.97. The number of rotatable bonds is 0. The molecule has 0 unspecified atom stereocenters. The molecule has 0 aromatic heterocycles. The van der Waals surface area contributed by atoms with Crippen LogP contribution >= 0.6 is 11.8 Å². The lowest BCUT2D eigenvalue weighted by atomic mass is 10.5. The van der Waals surface area contributed by atoms with Crippen molar-refractivity contribution in [3.63, 3.8) is 0 Å². The largest absolute Gasteiger partial charge is 0.374 e. The standard InChI is InChI=1S/C6H9N5S/c1-6-10-4-12-2-5(10)9-11(6)8-3-7-1/h1,7-8H,2-4H2. The minimum atomic E-state index is 0.751. The minimum absolute atomic E-state index is 0.751. The van der Waals surface area contributed by atoms with Crippen LogP contribution in [0.2, 0.25) is 0 Å². The van der Waals surface area contributed by atoms with Crippen LogP contribution in [0.5, 0.6) is 0 Å². The summed E-state index contributed by atoms with van der Waals surface area (Å²) in [6, 6.07) is 0. The van der Waals surface area contributed by atoms with Crippen molar-refractivity contribution in [2.75, 3.05) is 18.3 Å². The van der Waals surface area contributed by atoms with Gasteiger partial charge in [-0.15, -0.1) is 16.9 Å². The molecule has 3 heterocycles. The number of fused-ring (bicyclic) bond motifs is 3. The molecule has 0 aromatic carbocycles. The second-order valence-corrected chi connectivity index (χ2v) is 3.73. The molecular formula is C6H9N5S. The molecule has 0 saturated carbocycles. The van der Waals surface area contributed by atoms with Gasteiger partial charge in [0.1, 0.15) is 5.84 Å². The Hall–Kier alpha value is -0.880. The fourth-order valence-corrected chi connectivity index (χ4v) is 2.41. The van der Waals surface area contributed by atoms with Gasteiger partial charge in [-0.05, 0) is 0 Å². The first-order valence-corrected chi connectivity index (χ1v) is 5.00. The molecule has 3 rings (SSSR count). The number of hydrazine groups is 1. The summed E-state index contributed by atoms with van der Waals surface area (Å²) in [5.74, 6) is 4.31. The van der Waals surface area contributed by atoms with Crippen LogP contribution in [0.1, 0.15) is 0 Å². The van der Waals surface area contributed by atoms with E-state index in [1.54, 1.807) is 0 Å². The molecule has 0 aromatic rings. The fourth-order valence-electron chi connectivity index (χ4n) is 1.46. The van der Waals surface area contributed by atoms with Gasteiger partial charge in [0.2, 0.25) is 0 Å². The van der Waals surface area contributed by atoms with Crippen molar-refractivity contribution >= 4 is 17.6 Å². The topological polar surface area (TPSA) is 42.9 Å². The van der Waals surface area contributed by atoms with Gasteiger partial charge in [0.15, 0.2) is 5.82 Å². The van der Waals surface area contributed by atoms with E-state index in [-0.39, 0.29) is 0 Å². The van der Waals surface area contributed by atoms with Gasteiger partial charge in [-0.3, -0.25) is 0 Å². The number of thioether (sulfide) groups is 1. The van der Waals surface area contributed by atoms with Crippen molar-refractivity contribution in [2.24, 2.45) is 5.10 Å². The lowest BCUT2D eigenvalue weighted by Gasteiger charge is -2.25. The van der Waals surface area contributed by atoms with Gasteiger partial charge >= 0.3 is 0 Å². The molecule has 2 N–H and O–H groups in total. The van der Waals surface area contributed by atoms with Crippen molar-refractivity contribution in [3.05, 3.63) is 12.0 Å². The maximum atomic E-state index is 4.41. The van der Waals surface area contributed by atoms with Crippen LogP contribution in [0.4, 0.5) is 0 Å². The highest BCUT2D eigenvalue weighted by molar-refractivity contribution is 8.00. The monoisotopic (exact) mass is 183 g/mol. The second kappa shape index (κ2) is 2.30. The van der Waals surface area contributed by atoms with E-state index in [4.69, 9.17) is 0 Å². The van der Waals surface area contributed by atoms with Crippen LogP contribution in [-0.2, 0) is 0 Å². The third-order valence-electron chi connectivity index (χ3n) is 2.03. The number of nitrogens with zero attached hydrogens (tertiary/aromatic N) is 3. The van der Waals surface area contributed by atoms with Gasteiger partial charge in [0, 0.05) is 6.20 Å². The molecule has 1 fully saturated rings. The van der Waals surface area contributed by atoms with Crippen molar-refractivity contribution in [3.8, 4) is 0 Å². The van der Waals surface area contributed by atoms with Crippen LogP contribution in [0.3, 0.4) is 0 Å². The Balaban J connectivity index is 1.99. The van der Waals surface area contributed by atoms with E-state index in [9.17, 15) is 0 Å². The molecule has 0 aliphatic carbocycles. The molecule has 3 aliphatic rings. The highest BCUT2D eigenvalue weighted by atomic mass is 32.2. The summed E-state index contributed by atoms with van der Waals surface area (Å²) in [6.45, 7) is 0.751. The lowest BCUT2D eigenvalue weighted by molar-refractivity contribution is 0.215. The van der Waals surface area contributed by atoms with Gasteiger partial charge in [-0.2, -0.15) is 10.5 Å². The number of amidine groups is 1. The Bertz CT molecular complexity index is 273. The maximum absolute atomic E-state index is 4.41. The fraction of sp³-hybridized carbons (Fsp3) is 0.500. The Labute approximate surface area is 74.4 Å². The Kier molecular flexibility index (Phi) is 1.27. The summed E-state index contributed by atoms with van der Waals surface area (Å²) in [5, 5.41) is 9.38. The Morgan fingerprint density at radius 3 is 3.58 bits per heavy atom. The molecular weight excluding hydrogens is 174 g/mol. The van der Waals surface area contributed by atoms with Gasteiger partial charge in [0.25, 0.3) is 0 Å². The molecule has 0 bridgehead atoms. The SMILES string of the molecule is C1=C2N(N=C3CSCN23)NCN1. The van der Waals surface area contributed by atoms with E-state index in [2.05, 4.69) is 20.7 Å². The third-order valence-corrected chi connectivity index (χ3v) is 2.94. The molecule has 0 amide bonds. The van der Waals surface area contributed by atoms with Gasteiger partial charge in [0.05, 0.1) is 18.3 Å². The summed E-state index contributed by atoms with van der Waals surface area (Å²) in [6.07, 6.45) is 2.00. The highest BCUT2D eigenvalue weighted by Crippen LogP contribution is 2.28. The number of hydrogen-bond donors (Lipinski definition) is 2. The lowest BCUT2D eigenvalue weighted by Crippen LogP contribution is -2.44. The van der Waals surface area contributed by atoms with E-state index in [0.29, 0.717) is 0 Å². The van der Waals surface area contributed by atoms with Crippen LogP contribution in [0.25, 0.3) is 0 Å². The first kappa shape index (κ1) is 6.62. The Morgan fingerprint density at radius 2 is 2.58 bits per heavy atom. The molecule has 0 atom stereocenters. The van der Waals surface area contributed by atoms with E-state index in [1.165, 1.54) is 0 Å². The van der Waals surface area contributed by atoms with Crippen molar-refractivity contribution in [1.29, 1.82) is 0 Å². The normalized spacial score (nSPS) is 26.0. The van der Waals surface area contributed by atoms with Crippen LogP contribution in [-0.4, -0.2) is 34.2 Å². The quantitative estimate of drug-likeness (QED) is 0.529. The molecule has 6 heteroatoms. The zero-order valence-electron chi connectivity index (χ0n) is 6.45. The molecule has 1 saturated heterocycles. The molecule has 0 radical (unpaired) electrons. The Morgan fingerprint density at radius 1 is 1.58 bits per heavy atom. The van der Waals surface area contributed by atoms with E-state index < -0.39 is 0 Å². The molecule has 3 aliphatic heterocycles. The maximum Gasteiger partial charge on any atom is 0.165 e. The molecule has 0 spiro atoms. The average molecular weight is 183 g/mol. The van der Waals surface area contributed by atoms with Gasteiger partial charge in [-0.1, -0.05) is 0 Å². The zero-order valence-corrected chi connectivity index (χ0v) is 7.27. The van der Waals surface area contributed by atoms with Crippen LogP contribution < -0.4 is 10.7 Å². The summed E-state index contributed by atoms with van der Waals surface area (Å²) in [4.78, 5) is 2.21. The molecule has 12 heavy (non-hydrogen) atoms. The summed E-state index contributed by atoms with van der Waals surface area (Å²) in [7, 11) is 0. The third kappa shape index (κ3) is 0.760. The average Bonchev–Trinajstić information content (AvgIpc) is 2.62. The van der Waals surface area contributed by atoms with Crippen molar-refractivity contribution in [2.45, 2.75) is 0 Å². The van der Waals surface area contributed by atoms with Gasteiger partial charge < -0.3 is 10.2 Å². The predicted octanol–water partition coefficient (Wildman–Crippen LogP) is -0.514.